The van der Waals surface area contributed by atoms with Crippen molar-refractivity contribution >= 4 is 0 Å². The average Bonchev–Trinajstić information content (AvgIpc) is 2.30. The molecular weight excluding hydrogens is 230 g/mol. The van der Waals surface area contributed by atoms with E-state index < -0.39 is 0 Å². The third-order valence-corrected chi connectivity index (χ3v) is 2.63. The van der Waals surface area contributed by atoms with Gasteiger partial charge in [0, 0.05) is 13.7 Å². The Morgan fingerprint density at radius 2 is 1.56 bits per heavy atom. The fraction of sp³-hybridized carbons (Fsp3) is 1.00. The molecule has 0 spiro atoms. The van der Waals surface area contributed by atoms with Gasteiger partial charge in [-0.2, -0.15) is 0 Å². The first-order valence-corrected chi connectivity index (χ1v) is 6.96. The highest BCUT2D eigenvalue weighted by atomic mass is 16.5. The summed E-state index contributed by atoms with van der Waals surface area (Å²) in [5.74, 6) is 1.19. The number of hydrogen-bond donors (Lipinski definition) is 1. The molecule has 4 heteroatoms. The molecule has 1 N–H and O–H groups in total. The minimum absolute atomic E-state index is 0.259. The lowest BCUT2D eigenvalue weighted by atomic mass is 10.1. The van der Waals surface area contributed by atoms with Gasteiger partial charge in [-0.3, -0.25) is 0 Å². The van der Waals surface area contributed by atoms with Crippen LogP contribution < -0.4 is 5.32 Å². The second-order valence-electron chi connectivity index (χ2n) is 5.31. The summed E-state index contributed by atoms with van der Waals surface area (Å²) in [4.78, 5) is 0. The topological polar surface area (TPSA) is 39.7 Å². The Morgan fingerprint density at radius 3 is 2.11 bits per heavy atom. The van der Waals surface area contributed by atoms with Crippen LogP contribution in [0.25, 0.3) is 0 Å². The number of nitrogens with one attached hydrogen (secondary N) is 1. The van der Waals surface area contributed by atoms with Crippen molar-refractivity contribution in [2.75, 3.05) is 46.6 Å². The Kier molecular flexibility index (Phi) is 11.8. The summed E-state index contributed by atoms with van der Waals surface area (Å²) in [6.45, 7) is 13.3. The Balaban J connectivity index is 3.57. The van der Waals surface area contributed by atoms with Crippen LogP contribution in [0.3, 0.4) is 0 Å². The van der Waals surface area contributed by atoms with Crippen LogP contribution in [0.2, 0.25) is 0 Å². The predicted octanol–water partition coefficient (Wildman–Crippen LogP) is 1.94. The first-order valence-electron chi connectivity index (χ1n) is 6.96. The van der Waals surface area contributed by atoms with E-state index in [4.69, 9.17) is 14.2 Å². The summed E-state index contributed by atoms with van der Waals surface area (Å²) in [5.41, 5.74) is 0. The highest BCUT2D eigenvalue weighted by Gasteiger charge is 2.13. The van der Waals surface area contributed by atoms with Gasteiger partial charge in [-0.1, -0.05) is 27.7 Å². The Bertz CT molecular complexity index is 174. The lowest BCUT2D eigenvalue weighted by molar-refractivity contribution is -0.0218. The van der Waals surface area contributed by atoms with Gasteiger partial charge in [-0.05, 0) is 18.4 Å². The molecule has 0 aliphatic rings. The first-order chi connectivity index (χ1) is 8.57. The monoisotopic (exact) mass is 261 g/mol. The molecule has 110 valence electrons. The molecule has 0 saturated heterocycles. The van der Waals surface area contributed by atoms with Gasteiger partial charge in [0.15, 0.2) is 0 Å². The van der Waals surface area contributed by atoms with Crippen LogP contribution in [0.5, 0.6) is 0 Å². The van der Waals surface area contributed by atoms with Gasteiger partial charge >= 0.3 is 0 Å². The van der Waals surface area contributed by atoms with E-state index in [-0.39, 0.29) is 6.10 Å². The van der Waals surface area contributed by atoms with Gasteiger partial charge in [-0.25, -0.2) is 0 Å². The number of ether oxygens (including phenoxy) is 3. The van der Waals surface area contributed by atoms with Crippen molar-refractivity contribution in [3.8, 4) is 0 Å². The zero-order chi connectivity index (χ0) is 13.8. The van der Waals surface area contributed by atoms with Crippen LogP contribution in [-0.4, -0.2) is 52.7 Å². The lowest BCUT2D eigenvalue weighted by Gasteiger charge is -2.22. The molecule has 0 rings (SSSR count). The summed E-state index contributed by atoms with van der Waals surface area (Å²) in [5, 5.41) is 3.44. The molecule has 0 aliphatic carbocycles. The number of rotatable bonds is 12. The van der Waals surface area contributed by atoms with Gasteiger partial charge in [-0.15, -0.1) is 0 Å². The summed E-state index contributed by atoms with van der Waals surface area (Å²) in [7, 11) is 1.68. The maximum absolute atomic E-state index is 5.84. The predicted molar refractivity (Wildman–Crippen MR) is 75.0 cm³/mol. The van der Waals surface area contributed by atoms with Crippen LogP contribution in [0.4, 0.5) is 0 Å². The van der Waals surface area contributed by atoms with Crippen molar-refractivity contribution in [2.24, 2.45) is 11.8 Å². The highest BCUT2D eigenvalue weighted by Crippen LogP contribution is 2.05. The number of hydrogen-bond acceptors (Lipinski definition) is 4. The van der Waals surface area contributed by atoms with E-state index >= 15 is 0 Å². The Hall–Kier alpha value is -0.160. The van der Waals surface area contributed by atoms with E-state index in [0.717, 1.165) is 13.1 Å². The van der Waals surface area contributed by atoms with Crippen LogP contribution >= 0.6 is 0 Å². The Labute approximate surface area is 112 Å². The molecule has 0 aromatic rings. The maximum atomic E-state index is 5.84. The molecule has 0 aliphatic heterocycles. The molecule has 0 amide bonds. The van der Waals surface area contributed by atoms with E-state index in [0.29, 0.717) is 38.3 Å². The van der Waals surface area contributed by atoms with Crippen molar-refractivity contribution in [1.82, 2.24) is 5.32 Å². The zero-order valence-corrected chi connectivity index (χ0v) is 12.7. The minimum atomic E-state index is 0.259. The molecule has 1 unspecified atom stereocenters. The van der Waals surface area contributed by atoms with E-state index in [1.807, 2.05) is 0 Å². The number of methoxy groups -OCH3 is 1. The lowest BCUT2D eigenvalue weighted by Crippen LogP contribution is -2.35. The third-order valence-electron chi connectivity index (χ3n) is 2.63. The van der Waals surface area contributed by atoms with Gasteiger partial charge in [0.1, 0.15) is 0 Å². The smallest absolute Gasteiger partial charge is 0.0723 e. The second kappa shape index (κ2) is 11.9. The van der Waals surface area contributed by atoms with Gasteiger partial charge in [0.05, 0.1) is 32.5 Å². The van der Waals surface area contributed by atoms with E-state index in [2.05, 4.69) is 33.0 Å². The van der Waals surface area contributed by atoms with Gasteiger partial charge < -0.3 is 19.5 Å². The quantitative estimate of drug-likeness (QED) is 0.545. The van der Waals surface area contributed by atoms with Crippen LogP contribution in [0.1, 0.15) is 27.7 Å². The molecule has 0 heterocycles. The minimum Gasteiger partial charge on any atom is -0.382 e. The van der Waals surface area contributed by atoms with E-state index in [9.17, 15) is 0 Å². The normalized spacial score (nSPS) is 13.5. The summed E-state index contributed by atoms with van der Waals surface area (Å²) in [6.07, 6.45) is 0.259. The Morgan fingerprint density at radius 1 is 0.889 bits per heavy atom. The van der Waals surface area contributed by atoms with Gasteiger partial charge in [0.25, 0.3) is 0 Å². The average molecular weight is 261 g/mol. The highest BCUT2D eigenvalue weighted by molar-refractivity contribution is 4.66. The van der Waals surface area contributed by atoms with Crippen LogP contribution in [0.15, 0.2) is 0 Å². The van der Waals surface area contributed by atoms with Crippen LogP contribution in [0, 0.1) is 11.8 Å². The van der Waals surface area contributed by atoms with Crippen molar-refractivity contribution in [3.05, 3.63) is 0 Å². The fourth-order valence-corrected chi connectivity index (χ4v) is 1.50. The molecule has 4 nitrogen and oxygen atoms in total. The summed E-state index contributed by atoms with van der Waals surface area (Å²) in [6, 6.07) is 0. The first kappa shape index (κ1) is 17.8. The zero-order valence-electron chi connectivity index (χ0n) is 12.7. The molecule has 0 saturated carbocycles. The fourth-order valence-electron chi connectivity index (χ4n) is 1.50. The molecule has 0 radical (unpaired) electrons. The van der Waals surface area contributed by atoms with E-state index in [1.54, 1.807) is 7.11 Å². The molecule has 0 fully saturated rings. The van der Waals surface area contributed by atoms with Crippen molar-refractivity contribution < 1.29 is 14.2 Å². The standard InChI is InChI=1S/C14H31NO3/c1-12(2)10-15-11-14(13(3)4)18-9-8-17-7-6-16-5/h12-15H,6-11H2,1-5H3. The van der Waals surface area contributed by atoms with Crippen LogP contribution in [-0.2, 0) is 14.2 Å². The molecule has 0 aromatic carbocycles. The SMILES string of the molecule is COCCOCCOC(CNCC(C)C)C(C)C. The maximum Gasteiger partial charge on any atom is 0.0723 e. The molecule has 1 atom stereocenters. The molecule has 18 heavy (non-hydrogen) atoms. The van der Waals surface area contributed by atoms with Crippen molar-refractivity contribution in [2.45, 2.75) is 33.8 Å². The van der Waals surface area contributed by atoms with Gasteiger partial charge in [0.2, 0.25) is 0 Å². The van der Waals surface area contributed by atoms with Crippen molar-refractivity contribution in [3.63, 3.8) is 0 Å². The van der Waals surface area contributed by atoms with E-state index in [1.165, 1.54) is 0 Å². The third kappa shape index (κ3) is 11.0. The molecule has 0 bridgehead atoms. The summed E-state index contributed by atoms with van der Waals surface area (Å²) >= 11 is 0. The molecule has 0 aromatic heterocycles. The van der Waals surface area contributed by atoms with Crippen molar-refractivity contribution in [1.29, 1.82) is 0 Å². The largest absolute Gasteiger partial charge is 0.382 e. The summed E-state index contributed by atoms with van der Waals surface area (Å²) < 4.78 is 16.1. The molecular formula is C14H31NO3. The second-order valence-corrected chi connectivity index (χ2v) is 5.31.